The summed E-state index contributed by atoms with van der Waals surface area (Å²) in [6, 6.07) is 11.7. The summed E-state index contributed by atoms with van der Waals surface area (Å²) in [5.41, 5.74) is 7.41. The standard InChI is InChI=1S/C23H18N8O2/c1-3-15-10-13-29-18(15)23(33)31(16-8-5-4-6-9-16)20(28-29)14(2)26-22(32)17-19(24)27-30-12-7-11-25-21(17)30/h1,4-14H,2H3,(H2,24,27)(H,26,32)/t14-/m0/s1. The Bertz CT molecular complexity index is 1620. The molecule has 5 aromatic rings. The molecule has 0 spiro atoms. The summed E-state index contributed by atoms with van der Waals surface area (Å²) < 4.78 is 4.30. The Labute approximate surface area is 187 Å². The van der Waals surface area contributed by atoms with Crippen LogP contribution in [0.4, 0.5) is 5.82 Å². The van der Waals surface area contributed by atoms with Gasteiger partial charge in [0.2, 0.25) is 0 Å². The van der Waals surface area contributed by atoms with Crippen molar-refractivity contribution in [2.45, 2.75) is 13.0 Å². The number of nitrogen functional groups attached to an aromatic ring is 1. The number of amides is 1. The molecule has 0 aliphatic carbocycles. The maximum Gasteiger partial charge on any atom is 0.283 e. The van der Waals surface area contributed by atoms with Crippen LogP contribution in [0.2, 0.25) is 0 Å². The van der Waals surface area contributed by atoms with E-state index >= 15 is 0 Å². The number of nitrogens with two attached hydrogens (primary N) is 1. The van der Waals surface area contributed by atoms with Crippen LogP contribution in [-0.4, -0.2) is 34.7 Å². The van der Waals surface area contributed by atoms with Crippen molar-refractivity contribution in [2.24, 2.45) is 0 Å². The van der Waals surface area contributed by atoms with E-state index in [0.29, 0.717) is 22.7 Å². The van der Waals surface area contributed by atoms with E-state index in [4.69, 9.17) is 12.2 Å². The van der Waals surface area contributed by atoms with Crippen LogP contribution < -0.4 is 16.6 Å². The number of benzene rings is 1. The number of carbonyl (C=O) groups excluding carboxylic acids is 1. The van der Waals surface area contributed by atoms with Crippen LogP contribution in [0.5, 0.6) is 0 Å². The molecule has 0 saturated carbocycles. The third-order valence-corrected chi connectivity index (χ3v) is 5.27. The van der Waals surface area contributed by atoms with Crippen LogP contribution in [0.1, 0.15) is 34.7 Å². The molecule has 0 aliphatic rings. The number of aromatic nitrogens is 6. The summed E-state index contributed by atoms with van der Waals surface area (Å²) in [5, 5.41) is 11.6. The second-order valence-corrected chi connectivity index (χ2v) is 7.34. The first-order chi connectivity index (χ1) is 16.0. The van der Waals surface area contributed by atoms with Crippen LogP contribution >= 0.6 is 0 Å². The van der Waals surface area contributed by atoms with Gasteiger partial charge >= 0.3 is 0 Å². The number of terminal acetylenes is 1. The van der Waals surface area contributed by atoms with Crippen LogP contribution in [-0.2, 0) is 0 Å². The normalized spacial score (nSPS) is 12.0. The highest BCUT2D eigenvalue weighted by Crippen LogP contribution is 2.20. The maximum atomic E-state index is 13.5. The van der Waals surface area contributed by atoms with E-state index in [1.807, 2.05) is 18.2 Å². The van der Waals surface area contributed by atoms with Gasteiger partial charge < -0.3 is 11.1 Å². The number of hydrogen-bond acceptors (Lipinski definition) is 6. The minimum absolute atomic E-state index is 0.0475. The summed E-state index contributed by atoms with van der Waals surface area (Å²) >= 11 is 0. The van der Waals surface area contributed by atoms with Crippen molar-refractivity contribution in [3.63, 3.8) is 0 Å². The van der Waals surface area contributed by atoms with Gasteiger partial charge in [-0.05, 0) is 31.2 Å². The highest BCUT2D eigenvalue weighted by molar-refractivity contribution is 6.04. The molecule has 10 nitrogen and oxygen atoms in total. The summed E-state index contributed by atoms with van der Waals surface area (Å²) in [6.45, 7) is 1.73. The zero-order chi connectivity index (χ0) is 23.1. The van der Waals surface area contributed by atoms with Crippen LogP contribution in [0.3, 0.4) is 0 Å². The van der Waals surface area contributed by atoms with E-state index in [1.54, 1.807) is 49.8 Å². The van der Waals surface area contributed by atoms with E-state index in [1.165, 1.54) is 13.6 Å². The van der Waals surface area contributed by atoms with Crippen molar-refractivity contribution in [1.82, 2.24) is 34.1 Å². The monoisotopic (exact) mass is 438 g/mol. The van der Waals surface area contributed by atoms with E-state index in [0.717, 1.165) is 0 Å². The number of nitrogens with one attached hydrogen (secondary N) is 1. The predicted molar refractivity (Wildman–Crippen MR) is 122 cm³/mol. The molecule has 162 valence electrons. The minimum Gasteiger partial charge on any atom is -0.381 e. The predicted octanol–water partition coefficient (Wildman–Crippen LogP) is 1.58. The van der Waals surface area contributed by atoms with Gasteiger partial charge in [-0.3, -0.25) is 14.2 Å². The zero-order valence-electron chi connectivity index (χ0n) is 17.5. The Morgan fingerprint density at radius 2 is 1.91 bits per heavy atom. The van der Waals surface area contributed by atoms with Crippen LogP contribution in [0, 0.1) is 12.3 Å². The smallest absolute Gasteiger partial charge is 0.283 e. The molecule has 0 unspecified atom stereocenters. The molecule has 10 heteroatoms. The van der Waals surface area contributed by atoms with E-state index < -0.39 is 11.9 Å². The molecule has 1 atom stereocenters. The number of nitrogens with zero attached hydrogens (tertiary/aromatic N) is 6. The summed E-state index contributed by atoms with van der Waals surface area (Å²) in [6.07, 6.45) is 10.4. The number of hydrogen-bond donors (Lipinski definition) is 2. The molecule has 0 aliphatic heterocycles. The lowest BCUT2D eigenvalue weighted by atomic mass is 10.2. The number of fused-ring (bicyclic) bond motifs is 2. The molecule has 4 heterocycles. The molecule has 0 radical (unpaired) electrons. The molecule has 1 aromatic carbocycles. The Kier molecular flexibility index (Phi) is 4.64. The maximum absolute atomic E-state index is 13.5. The molecule has 4 aromatic heterocycles. The van der Waals surface area contributed by atoms with Crippen molar-refractivity contribution in [2.75, 3.05) is 5.73 Å². The van der Waals surface area contributed by atoms with Gasteiger partial charge in [0, 0.05) is 18.6 Å². The molecule has 1 amide bonds. The van der Waals surface area contributed by atoms with Crippen LogP contribution in [0.15, 0.2) is 65.8 Å². The molecule has 0 saturated heterocycles. The fourth-order valence-electron chi connectivity index (χ4n) is 3.76. The van der Waals surface area contributed by atoms with Crippen molar-refractivity contribution < 1.29 is 4.79 Å². The Morgan fingerprint density at radius 1 is 1.12 bits per heavy atom. The average Bonchev–Trinajstić information content (AvgIpc) is 3.39. The van der Waals surface area contributed by atoms with Gasteiger partial charge in [0.25, 0.3) is 11.5 Å². The number of anilines is 1. The van der Waals surface area contributed by atoms with Crippen molar-refractivity contribution in [3.8, 4) is 18.0 Å². The molecule has 0 bridgehead atoms. The first-order valence-corrected chi connectivity index (χ1v) is 10.1. The van der Waals surface area contributed by atoms with E-state index in [9.17, 15) is 9.59 Å². The summed E-state index contributed by atoms with van der Waals surface area (Å²) in [7, 11) is 0. The Balaban J connectivity index is 1.63. The fraction of sp³-hybridized carbons (Fsp3) is 0.0870. The Morgan fingerprint density at radius 3 is 2.67 bits per heavy atom. The highest BCUT2D eigenvalue weighted by atomic mass is 16.2. The molecular formula is C23H18N8O2. The third kappa shape index (κ3) is 3.19. The lowest BCUT2D eigenvalue weighted by molar-refractivity contribution is 0.0940. The average molecular weight is 438 g/mol. The number of carbonyl (C=O) groups is 1. The molecule has 3 N–H and O–H groups in total. The van der Waals surface area contributed by atoms with Gasteiger partial charge in [-0.1, -0.05) is 24.1 Å². The first-order valence-electron chi connectivity index (χ1n) is 10.1. The van der Waals surface area contributed by atoms with Gasteiger partial charge in [0.1, 0.15) is 11.1 Å². The Hall–Kier alpha value is -4.91. The quantitative estimate of drug-likeness (QED) is 0.411. The largest absolute Gasteiger partial charge is 0.381 e. The van der Waals surface area contributed by atoms with Gasteiger partial charge in [0.15, 0.2) is 17.3 Å². The van der Waals surface area contributed by atoms with Gasteiger partial charge in [-0.2, -0.15) is 5.10 Å². The highest BCUT2D eigenvalue weighted by Gasteiger charge is 2.25. The van der Waals surface area contributed by atoms with Gasteiger partial charge in [-0.15, -0.1) is 11.5 Å². The van der Waals surface area contributed by atoms with Gasteiger partial charge in [-0.25, -0.2) is 14.0 Å². The van der Waals surface area contributed by atoms with Crippen molar-refractivity contribution >= 4 is 22.9 Å². The van der Waals surface area contributed by atoms with E-state index in [-0.39, 0.29) is 22.5 Å². The first kappa shape index (κ1) is 20.0. The zero-order valence-corrected chi connectivity index (χ0v) is 17.5. The van der Waals surface area contributed by atoms with Gasteiger partial charge in [0.05, 0.1) is 17.3 Å². The third-order valence-electron chi connectivity index (χ3n) is 5.27. The second kappa shape index (κ2) is 7.65. The second-order valence-electron chi connectivity index (χ2n) is 7.34. The SMILES string of the molecule is C#Cc1ccn2nc([C@H](C)NC(=O)c3c(N)nn4cccnc34)n(-c3ccccc3)c(=O)c12. The fourth-order valence-corrected chi connectivity index (χ4v) is 3.76. The molecule has 33 heavy (non-hydrogen) atoms. The van der Waals surface area contributed by atoms with Crippen molar-refractivity contribution in [1.29, 1.82) is 0 Å². The van der Waals surface area contributed by atoms with Crippen molar-refractivity contribution in [3.05, 3.63) is 88.4 Å². The minimum atomic E-state index is -0.676. The summed E-state index contributed by atoms with van der Waals surface area (Å²) in [5.74, 6) is 2.39. The molecule has 5 rings (SSSR count). The van der Waals surface area contributed by atoms with E-state index in [2.05, 4.69) is 26.4 Å². The molecular weight excluding hydrogens is 420 g/mol. The van der Waals surface area contributed by atoms with Crippen LogP contribution in [0.25, 0.3) is 16.9 Å². The lowest BCUT2D eigenvalue weighted by Gasteiger charge is -2.19. The lowest BCUT2D eigenvalue weighted by Crippen LogP contribution is -2.34. The summed E-state index contributed by atoms with van der Waals surface area (Å²) in [4.78, 5) is 30.8. The number of rotatable bonds is 4. The number of para-hydroxylation sites is 1. The molecule has 0 fully saturated rings. The topological polar surface area (TPSA) is 125 Å².